The topological polar surface area (TPSA) is 117 Å². The Morgan fingerprint density at radius 2 is 1.94 bits per heavy atom. The number of nitrogens with two attached hydrogens (primary N) is 1. The second-order valence-corrected chi connectivity index (χ2v) is 9.15. The fraction of sp³-hybridized carbons (Fsp3) is 0.520. The normalized spacial score (nSPS) is 20.2. The van der Waals surface area contributed by atoms with Crippen LogP contribution in [-0.2, 0) is 19.1 Å². The molecule has 3 N–H and O–H groups in total. The maximum absolute atomic E-state index is 13.5. The molecule has 0 bridgehead atoms. The number of benzene rings is 1. The lowest BCUT2D eigenvalue weighted by Gasteiger charge is -2.30. The first-order valence-electron chi connectivity index (χ1n) is 11.7. The zero-order valence-electron chi connectivity index (χ0n) is 20.2. The Bertz CT molecular complexity index is 954. The molecular formula is C25H35N5O4. The number of nitrogens with one attached hydrogen (secondary N) is 1. The van der Waals surface area contributed by atoms with Crippen molar-refractivity contribution in [2.24, 2.45) is 28.5 Å². The molecule has 0 spiro atoms. The minimum absolute atomic E-state index is 0.145. The molecule has 0 radical (unpaired) electrons. The first-order chi connectivity index (χ1) is 16.2. The molecule has 9 heteroatoms. The van der Waals surface area contributed by atoms with Gasteiger partial charge < -0.3 is 25.6 Å². The molecule has 1 fully saturated rings. The number of likely N-dealkylation sites (N-methyl/N-ethyl adjacent to an activating group) is 1. The average Bonchev–Trinajstić information content (AvgIpc) is 2.92. The highest BCUT2D eigenvalue weighted by atomic mass is 16.5. The first-order valence-corrected chi connectivity index (χ1v) is 11.7. The third-order valence-corrected chi connectivity index (χ3v) is 6.25. The fourth-order valence-corrected chi connectivity index (χ4v) is 4.49. The van der Waals surface area contributed by atoms with Crippen molar-refractivity contribution < 1.29 is 19.1 Å². The standard InChI is InChI=1S/C25H35N5O4/c1-5-8-17(21(26)31)19(15-16(2)3)24(32)28-22-25(33)29(4)20-10-7-6-9-18(20)23(27-22)30-11-13-34-14-12-30/h5-7,9-10,16-17,19,22H,1,8,11-15H2,2-4H3,(H2,26,31)(H,28,32)/t17-,19+,22?/m0/s1. The number of fused-ring (bicyclic) bond motifs is 1. The minimum Gasteiger partial charge on any atom is -0.378 e. The number of rotatable bonds is 8. The maximum atomic E-state index is 13.5. The number of amides is 3. The molecule has 2 heterocycles. The molecule has 0 aliphatic carbocycles. The molecule has 3 rings (SSSR count). The van der Waals surface area contributed by atoms with Gasteiger partial charge in [-0.2, -0.15) is 0 Å². The quantitative estimate of drug-likeness (QED) is 0.560. The average molecular weight is 470 g/mol. The highest BCUT2D eigenvalue weighted by Crippen LogP contribution is 2.28. The number of primary amides is 1. The number of morpholine rings is 1. The van der Waals surface area contributed by atoms with Crippen LogP contribution < -0.4 is 16.0 Å². The maximum Gasteiger partial charge on any atom is 0.272 e. The zero-order valence-corrected chi connectivity index (χ0v) is 20.2. The molecule has 2 aliphatic rings. The summed E-state index contributed by atoms with van der Waals surface area (Å²) in [5, 5.41) is 2.82. The van der Waals surface area contributed by atoms with Gasteiger partial charge in [0.05, 0.1) is 30.7 Å². The lowest BCUT2D eigenvalue weighted by Crippen LogP contribution is -2.50. The van der Waals surface area contributed by atoms with Gasteiger partial charge in [0.2, 0.25) is 18.0 Å². The van der Waals surface area contributed by atoms with Gasteiger partial charge in [0.25, 0.3) is 5.91 Å². The summed E-state index contributed by atoms with van der Waals surface area (Å²) in [6.45, 7) is 10.0. The van der Waals surface area contributed by atoms with Crippen LogP contribution in [0.3, 0.4) is 0 Å². The Morgan fingerprint density at radius 3 is 2.56 bits per heavy atom. The van der Waals surface area contributed by atoms with Crippen LogP contribution in [-0.4, -0.2) is 68.0 Å². The summed E-state index contributed by atoms with van der Waals surface area (Å²) < 4.78 is 5.49. The van der Waals surface area contributed by atoms with Crippen molar-refractivity contribution in [2.45, 2.75) is 32.9 Å². The van der Waals surface area contributed by atoms with Crippen LogP contribution in [0.4, 0.5) is 5.69 Å². The van der Waals surface area contributed by atoms with Gasteiger partial charge in [0.15, 0.2) is 0 Å². The van der Waals surface area contributed by atoms with E-state index in [2.05, 4.69) is 16.8 Å². The second-order valence-electron chi connectivity index (χ2n) is 9.15. The van der Waals surface area contributed by atoms with Gasteiger partial charge in [0, 0.05) is 25.7 Å². The summed E-state index contributed by atoms with van der Waals surface area (Å²) in [7, 11) is 1.67. The highest BCUT2D eigenvalue weighted by Gasteiger charge is 2.37. The fourth-order valence-electron chi connectivity index (χ4n) is 4.49. The molecule has 1 aromatic rings. The Kier molecular flexibility index (Phi) is 8.44. The number of allylic oxidation sites excluding steroid dienone is 1. The molecule has 1 saturated heterocycles. The molecule has 1 aromatic carbocycles. The SMILES string of the molecule is C=CC[C@H](C(N)=O)[C@@H](CC(C)C)C(=O)NC1N=C(N2CCOCC2)c2ccccc2N(C)C1=O. The van der Waals surface area contributed by atoms with Crippen molar-refractivity contribution in [2.75, 3.05) is 38.3 Å². The van der Waals surface area contributed by atoms with Crippen LogP contribution in [0.5, 0.6) is 0 Å². The number of anilines is 1. The van der Waals surface area contributed by atoms with E-state index in [4.69, 9.17) is 15.5 Å². The largest absolute Gasteiger partial charge is 0.378 e. The summed E-state index contributed by atoms with van der Waals surface area (Å²) in [6.07, 6.45) is 1.19. The van der Waals surface area contributed by atoms with Gasteiger partial charge in [-0.1, -0.05) is 32.1 Å². The van der Waals surface area contributed by atoms with Gasteiger partial charge in [-0.25, -0.2) is 4.99 Å². The molecule has 0 saturated carbocycles. The number of benzodiazepines with no additional fused rings is 1. The molecule has 3 amide bonds. The summed E-state index contributed by atoms with van der Waals surface area (Å²) in [5.41, 5.74) is 7.17. The number of carbonyl (C=O) groups excluding carboxylic acids is 3. The van der Waals surface area contributed by atoms with Crippen LogP contribution in [0.15, 0.2) is 41.9 Å². The van der Waals surface area contributed by atoms with Crippen LogP contribution in [0, 0.1) is 17.8 Å². The van der Waals surface area contributed by atoms with E-state index in [-0.39, 0.29) is 18.2 Å². The van der Waals surface area contributed by atoms with Gasteiger partial charge in [0.1, 0.15) is 5.84 Å². The van der Waals surface area contributed by atoms with E-state index in [9.17, 15) is 14.4 Å². The van der Waals surface area contributed by atoms with Crippen LogP contribution in [0.2, 0.25) is 0 Å². The number of hydrogen-bond donors (Lipinski definition) is 2. The van der Waals surface area contributed by atoms with E-state index in [1.54, 1.807) is 13.1 Å². The Morgan fingerprint density at radius 1 is 1.26 bits per heavy atom. The van der Waals surface area contributed by atoms with Gasteiger partial charge >= 0.3 is 0 Å². The summed E-state index contributed by atoms with van der Waals surface area (Å²) in [4.78, 5) is 47.4. The van der Waals surface area contributed by atoms with Crippen molar-refractivity contribution in [3.63, 3.8) is 0 Å². The molecule has 9 nitrogen and oxygen atoms in total. The third-order valence-electron chi connectivity index (χ3n) is 6.25. The summed E-state index contributed by atoms with van der Waals surface area (Å²) in [6, 6.07) is 7.55. The Hall–Kier alpha value is -3.20. The number of nitrogens with zero attached hydrogens (tertiary/aromatic N) is 3. The molecule has 1 unspecified atom stereocenters. The number of aliphatic imine (C=N–C) groups is 1. The molecule has 0 aromatic heterocycles. The molecule has 184 valence electrons. The Labute approximate surface area is 201 Å². The van der Waals surface area contributed by atoms with E-state index in [0.717, 1.165) is 11.3 Å². The summed E-state index contributed by atoms with van der Waals surface area (Å²) in [5.74, 6) is -1.95. The molecule has 34 heavy (non-hydrogen) atoms. The number of para-hydroxylation sites is 1. The predicted molar refractivity (Wildman–Crippen MR) is 131 cm³/mol. The van der Waals surface area contributed by atoms with E-state index in [0.29, 0.717) is 38.6 Å². The smallest absolute Gasteiger partial charge is 0.272 e. The Balaban J connectivity index is 1.97. The van der Waals surface area contributed by atoms with Crippen LogP contribution in [0.1, 0.15) is 32.3 Å². The van der Waals surface area contributed by atoms with Gasteiger partial charge in [-0.3, -0.25) is 14.4 Å². The summed E-state index contributed by atoms with van der Waals surface area (Å²) >= 11 is 0. The van der Waals surface area contributed by atoms with Crippen molar-refractivity contribution in [3.05, 3.63) is 42.5 Å². The number of amidine groups is 1. The van der Waals surface area contributed by atoms with Crippen LogP contribution >= 0.6 is 0 Å². The lowest BCUT2D eigenvalue weighted by atomic mass is 9.82. The number of carbonyl (C=O) groups is 3. The van der Waals surface area contributed by atoms with E-state index in [1.807, 2.05) is 38.1 Å². The number of hydrogen-bond acceptors (Lipinski definition) is 6. The van der Waals surface area contributed by atoms with E-state index < -0.39 is 29.8 Å². The molecule has 3 atom stereocenters. The molecule has 2 aliphatic heterocycles. The van der Waals surface area contributed by atoms with E-state index >= 15 is 0 Å². The van der Waals surface area contributed by atoms with Gasteiger partial charge in [-0.15, -0.1) is 6.58 Å². The monoisotopic (exact) mass is 469 g/mol. The zero-order chi connectivity index (χ0) is 24.8. The minimum atomic E-state index is -1.13. The van der Waals surface area contributed by atoms with Gasteiger partial charge in [-0.05, 0) is 30.9 Å². The van der Waals surface area contributed by atoms with Crippen molar-refractivity contribution in [3.8, 4) is 0 Å². The highest BCUT2D eigenvalue weighted by molar-refractivity contribution is 6.12. The van der Waals surface area contributed by atoms with Crippen molar-refractivity contribution in [1.82, 2.24) is 10.2 Å². The van der Waals surface area contributed by atoms with Crippen molar-refractivity contribution in [1.29, 1.82) is 0 Å². The van der Waals surface area contributed by atoms with Crippen LogP contribution in [0.25, 0.3) is 0 Å². The number of ether oxygens (including phenoxy) is 1. The first kappa shape index (κ1) is 25.4. The third kappa shape index (κ3) is 5.64. The van der Waals surface area contributed by atoms with E-state index in [1.165, 1.54) is 4.90 Å². The lowest BCUT2D eigenvalue weighted by molar-refractivity contribution is -0.135. The second kappa shape index (κ2) is 11.3. The predicted octanol–water partition coefficient (Wildman–Crippen LogP) is 1.52. The molecular weight excluding hydrogens is 434 g/mol. The van der Waals surface area contributed by atoms with Crippen molar-refractivity contribution >= 4 is 29.2 Å².